The highest BCUT2D eigenvalue weighted by Crippen LogP contribution is 2.18. The Morgan fingerprint density at radius 2 is 2.50 bits per heavy atom. The number of nitrogens with zero attached hydrogens (tertiary/aromatic N) is 3. The van der Waals surface area contributed by atoms with E-state index in [0.717, 1.165) is 24.6 Å². The van der Waals surface area contributed by atoms with Crippen LogP contribution in [0.2, 0.25) is 0 Å². The maximum Gasteiger partial charge on any atom is 0.210 e. The van der Waals surface area contributed by atoms with Gasteiger partial charge in [-0.2, -0.15) is 5.10 Å². The zero-order valence-corrected chi connectivity index (χ0v) is 8.42. The van der Waals surface area contributed by atoms with Gasteiger partial charge in [-0.05, 0) is 0 Å². The van der Waals surface area contributed by atoms with Crippen LogP contribution in [-0.2, 0) is 13.0 Å². The van der Waals surface area contributed by atoms with Gasteiger partial charge in [0.05, 0.1) is 11.9 Å². The van der Waals surface area contributed by atoms with Crippen LogP contribution in [0.4, 0.5) is 0 Å². The lowest BCUT2D eigenvalue weighted by Crippen LogP contribution is -2.24. The fourth-order valence-electron chi connectivity index (χ4n) is 1.74. The Kier molecular flexibility index (Phi) is 1.85. The summed E-state index contributed by atoms with van der Waals surface area (Å²) < 4.78 is 1.96. The lowest BCUT2D eigenvalue weighted by Gasteiger charge is -2.13. The van der Waals surface area contributed by atoms with E-state index in [1.807, 2.05) is 22.5 Å². The van der Waals surface area contributed by atoms with Crippen LogP contribution >= 0.6 is 11.3 Å². The number of hydrogen-bond donors (Lipinski definition) is 1. The van der Waals surface area contributed by atoms with Gasteiger partial charge in [-0.15, -0.1) is 11.3 Å². The van der Waals surface area contributed by atoms with E-state index in [4.69, 9.17) is 0 Å². The quantitative estimate of drug-likeness (QED) is 0.756. The van der Waals surface area contributed by atoms with Crippen molar-refractivity contribution in [1.82, 2.24) is 20.1 Å². The van der Waals surface area contributed by atoms with E-state index in [1.165, 1.54) is 11.3 Å². The van der Waals surface area contributed by atoms with Crippen molar-refractivity contribution in [2.24, 2.45) is 0 Å². The molecule has 0 atom stereocenters. The molecule has 0 amide bonds. The van der Waals surface area contributed by atoms with Crippen molar-refractivity contribution in [3.63, 3.8) is 0 Å². The van der Waals surface area contributed by atoms with E-state index in [2.05, 4.69) is 15.4 Å². The molecule has 0 saturated carbocycles. The molecule has 72 valence electrons. The van der Waals surface area contributed by atoms with Crippen molar-refractivity contribution >= 4 is 11.3 Å². The third-order valence-electron chi connectivity index (χ3n) is 2.41. The van der Waals surface area contributed by atoms with Crippen molar-refractivity contribution in [1.29, 1.82) is 0 Å². The largest absolute Gasteiger partial charge is 0.312 e. The highest BCUT2D eigenvalue weighted by atomic mass is 32.1. The Morgan fingerprint density at radius 1 is 1.50 bits per heavy atom. The van der Waals surface area contributed by atoms with Gasteiger partial charge in [0.2, 0.25) is 5.13 Å². The minimum Gasteiger partial charge on any atom is -0.312 e. The first-order valence-electron chi connectivity index (χ1n) is 4.61. The van der Waals surface area contributed by atoms with Crippen molar-refractivity contribution in [2.75, 3.05) is 6.54 Å². The lowest BCUT2D eigenvalue weighted by atomic mass is 10.1. The van der Waals surface area contributed by atoms with E-state index in [1.54, 1.807) is 11.3 Å². The first kappa shape index (κ1) is 8.14. The number of fused-ring (bicyclic) bond motifs is 1. The molecule has 1 aliphatic heterocycles. The fourth-order valence-corrected chi connectivity index (χ4v) is 2.36. The summed E-state index contributed by atoms with van der Waals surface area (Å²) in [6.07, 6.45) is 4.78. The summed E-state index contributed by atoms with van der Waals surface area (Å²) in [5.74, 6) is 0. The van der Waals surface area contributed by atoms with Crippen LogP contribution in [0.25, 0.3) is 5.13 Å². The Hall–Kier alpha value is -1.20. The molecule has 1 N–H and O–H groups in total. The standard InChI is InChI=1S/C9H10N4S/c1-2-10-5-7-6-12-13(8(1)7)9-11-3-4-14-9/h3-4,6,10H,1-2,5H2. The van der Waals surface area contributed by atoms with Gasteiger partial charge < -0.3 is 5.32 Å². The molecule has 5 heteroatoms. The Morgan fingerprint density at radius 3 is 3.36 bits per heavy atom. The predicted molar refractivity (Wildman–Crippen MR) is 54.6 cm³/mol. The monoisotopic (exact) mass is 206 g/mol. The molecular formula is C9H10N4S. The van der Waals surface area contributed by atoms with Crippen LogP contribution in [0.15, 0.2) is 17.8 Å². The highest BCUT2D eigenvalue weighted by Gasteiger charge is 2.16. The van der Waals surface area contributed by atoms with Crippen molar-refractivity contribution < 1.29 is 0 Å². The average Bonchev–Trinajstić information content (AvgIpc) is 2.85. The number of hydrogen-bond acceptors (Lipinski definition) is 4. The third-order valence-corrected chi connectivity index (χ3v) is 3.16. The molecule has 0 fully saturated rings. The Balaban J connectivity index is 2.11. The Labute approximate surface area is 85.6 Å². The van der Waals surface area contributed by atoms with Gasteiger partial charge in [-0.25, -0.2) is 9.67 Å². The van der Waals surface area contributed by atoms with Gasteiger partial charge in [-0.3, -0.25) is 0 Å². The van der Waals surface area contributed by atoms with E-state index < -0.39 is 0 Å². The van der Waals surface area contributed by atoms with Gasteiger partial charge in [0.15, 0.2) is 0 Å². The van der Waals surface area contributed by atoms with Crippen molar-refractivity contribution in [3.8, 4) is 5.13 Å². The van der Waals surface area contributed by atoms with Crippen LogP contribution in [0.1, 0.15) is 11.3 Å². The van der Waals surface area contributed by atoms with Gasteiger partial charge in [0, 0.05) is 36.7 Å². The zero-order valence-electron chi connectivity index (χ0n) is 7.60. The minimum atomic E-state index is 0.931. The normalized spacial score (nSPS) is 15.4. The first-order valence-corrected chi connectivity index (χ1v) is 5.49. The Bertz CT molecular complexity index is 432. The minimum absolute atomic E-state index is 0.931. The molecule has 0 unspecified atom stereocenters. The smallest absolute Gasteiger partial charge is 0.210 e. The van der Waals surface area contributed by atoms with Crippen LogP contribution in [0.5, 0.6) is 0 Å². The molecule has 2 aromatic rings. The third kappa shape index (κ3) is 1.17. The van der Waals surface area contributed by atoms with Crippen LogP contribution < -0.4 is 5.32 Å². The summed E-state index contributed by atoms with van der Waals surface area (Å²) in [7, 11) is 0. The van der Waals surface area contributed by atoms with Crippen molar-refractivity contribution in [3.05, 3.63) is 29.0 Å². The first-order chi connectivity index (χ1) is 6.95. The number of thiazole rings is 1. The molecule has 0 aliphatic carbocycles. The molecule has 4 nitrogen and oxygen atoms in total. The fraction of sp³-hybridized carbons (Fsp3) is 0.333. The molecule has 0 aromatic carbocycles. The lowest BCUT2D eigenvalue weighted by molar-refractivity contribution is 0.622. The van der Waals surface area contributed by atoms with Gasteiger partial charge in [-0.1, -0.05) is 0 Å². The second-order valence-electron chi connectivity index (χ2n) is 3.27. The van der Waals surface area contributed by atoms with Crippen LogP contribution in [-0.4, -0.2) is 21.3 Å². The molecule has 3 heterocycles. The number of aromatic nitrogens is 3. The highest BCUT2D eigenvalue weighted by molar-refractivity contribution is 7.12. The summed E-state index contributed by atoms with van der Waals surface area (Å²) in [6.45, 7) is 1.96. The number of nitrogens with one attached hydrogen (secondary N) is 1. The SMILES string of the molecule is c1csc(-n2ncc3c2CCNC3)n1. The van der Waals surface area contributed by atoms with Crippen molar-refractivity contribution in [2.45, 2.75) is 13.0 Å². The van der Waals surface area contributed by atoms with Gasteiger partial charge in [0.25, 0.3) is 0 Å². The van der Waals surface area contributed by atoms with Gasteiger partial charge >= 0.3 is 0 Å². The molecule has 0 radical (unpaired) electrons. The molecule has 0 saturated heterocycles. The van der Waals surface area contributed by atoms with Gasteiger partial charge in [0.1, 0.15) is 0 Å². The van der Waals surface area contributed by atoms with Crippen LogP contribution in [0, 0.1) is 0 Å². The topological polar surface area (TPSA) is 42.7 Å². The molecular weight excluding hydrogens is 196 g/mol. The number of rotatable bonds is 1. The summed E-state index contributed by atoms with van der Waals surface area (Å²) in [6, 6.07) is 0. The van der Waals surface area contributed by atoms with E-state index in [-0.39, 0.29) is 0 Å². The summed E-state index contributed by atoms with van der Waals surface area (Å²) in [4.78, 5) is 4.27. The second kappa shape index (κ2) is 3.18. The molecule has 0 bridgehead atoms. The van der Waals surface area contributed by atoms with Crippen LogP contribution in [0.3, 0.4) is 0 Å². The van der Waals surface area contributed by atoms with E-state index in [9.17, 15) is 0 Å². The molecule has 2 aromatic heterocycles. The summed E-state index contributed by atoms with van der Waals surface area (Å²) in [5.41, 5.74) is 2.60. The second-order valence-corrected chi connectivity index (χ2v) is 4.14. The summed E-state index contributed by atoms with van der Waals surface area (Å²) in [5, 5.41) is 10.6. The van der Waals surface area contributed by atoms with E-state index in [0.29, 0.717) is 0 Å². The molecule has 14 heavy (non-hydrogen) atoms. The predicted octanol–water partition coefficient (Wildman–Crippen LogP) is 0.974. The summed E-state index contributed by atoms with van der Waals surface area (Å²) >= 11 is 1.62. The molecule has 3 rings (SSSR count). The molecule has 0 spiro atoms. The van der Waals surface area contributed by atoms with E-state index >= 15 is 0 Å². The average molecular weight is 206 g/mol. The molecule has 1 aliphatic rings. The zero-order chi connectivity index (χ0) is 9.38. The maximum atomic E-state index is 4.36. The maximum absolute atomic E-state index is 4.36.